The lowest BCUT2D eigenvalue weighted by Gasteiger charge is -2.11. The summed E-state index contributed by atoms with van der Waals surface area (Å²) >= 11 is 0. The van der Waals surface area contributed by atoms with Crippen LogP contribution < -0.4 is 20.5 Å². The fraction of sp³-hybridized carbons (Fsp3) is 0.190. The molecule has 0 radical (unpaired) electrons. The molecule has 0 spiro atoms. The van der Waals surface area contributed by atoms with Crippen LogP contribution >= 0.6 is 0 Å². The van der Waals surface area contributed by atoms with E-state index in [0.717, 1.165) is 16.8 Å². The van der Waals surface area contributed by atoms with E-state index < -0.39 is 0 Å². The van der Waals surface area contributed by atoms with E-state index in [-0.39, 0.29) is 0 Å². The second kappa shape index (κ2) is 7.67. The van der Waals surface area contributed by atoms with E-state index in [2.05, 4.69) is 20.4 Å². The Bertz CT molecular complexity index is 1160. The number of anilines is 2. The topological polar surface area (TPSA) is 100 Å². The summed E-state index contributed by atoms with van der Waals surface area (Å²) in [5.41, 5.74) is 9.84. The highest BCUT2D eigenvalue weighted by Crippen LogP contribution is 2.33. The lowest BCUT2D eigenvalue weighted by atomic mass is 10.1. The Kier molecular flexibility index (Phi) is 4.90. The molecule has 148 valence electrons. The van der Waals surface area contributed by atoms with Crippen LogP contribution in [0.15, 0.2) is 48.7 Å². The van der Waals surface area contributed by atoms with Crippen LogP contribution in [-0.2, 0) is 13.6 Å². The van der Waals surface area contributed by atoms with Crippen molar-refractivity contribution in [2.24, 2.45) is 7.05 Å². The van der Waals surface area contributed by atoms with E-state index in [1.807, 2.05) is 43.6 Å². The summed E-state index contributed by atoms with van der Waals surface area (Å²) in [4.78, 5) is 8.97. The van der Waals surface area contributed by atoms with Crippen molar-refractivity contribution in [2.75, 3.05) is 25.3 Å². The molecule has 3 N–H and O–H groups in total. The molecule has 0 saturated heterocycles. The Morgan fingerprint density at radius 3 is 2.48 bits per heavy atom. The zero-order valence-corrected chi connectivity index (χ0v) is 16.5. The van der Waals surface area contributed by atoms with Crippen molar-refractivity contribution in [3.05, 3.63) is 54.2 Å². The number of rotatable bonds is 6. The number of fused-ring (bicyclic) bond motifs is 1. The fourth-order valence-electron chi connectivity index (χ4n) is 3.24. The molecule has 0 fully saturated rings. The van der Waals surface area contributed by atoms with E-state index in [1.165, 1.54) is 0 Å². The number of ether oxygens (including phenoxy) is 2. The summed E-state index contributed by atoms with van der Waals surface area (Å²) in [6, 6.07) is 13.6. The van der Waals surface area contributed by atoms with Gasteiger partial charge in [-0.05, 0) is 6.07 Å². The number of benzene rings is 2. The van der Waals surface area contributed by atoms with Gasteiger partial charge in [0.05, 0.1) is 25.4 Å². The molecule has 2 aromatic heterocycles. The minimum absolute atomic E-state index is 0.368. The first-order valence-corrected chi connectivity index (χ1v) is 9.10. The Morgan fingerprint density at radius 1 is 1.03 bits per heavy atom. The second-order valence-corrected chi connectivity index (χ2v) is 6.55. The second-order valence-electron chi connectivity index (χ2n) is 6.55. The molecule has 2 aromatic carbocycles. The molecule has 8 heteroatoms. The van der Waals surface area contributed by atoms with Gasteiger partial charge in [0.2, 0.25) is 5.95 Å². The third kappa shape index (κ3) is 3.64. The van der Waals surface area contributed by atoms with Gasteiger partial charge in [0.25, 0.3) is 0 Å². The first kappa shape index (κ1) is 18.5. The summed E-state index contributed by atoms with van der Waals surface area (Å²) in [6.45, 7) is 0.510. The van der Waals surface area contributed by atoms with Crippen molar-refractivity contribution < 1.29 is 9.47 Å². The maximum absolute atomic E-state index is 6.16. The maximum Gasteiger partial charge on any atom is 0.225 e. The third-order valence-corrected chi connectivity index (χ3v) is 4.62. The van der Waals surface area contributed by atoms with Crippen molar-refractivity contribution in [1.82, 2.24) is 19.7 Å². The van der Waals surface area contributed by atoms with Crippen molar-refractivity contribution in [1.29, 1.82) is 0 Å². The molecule has 29 heavy (non-hydrogen) atoms. The average molecular weight is 390 g/mol. The minimum atomic E-state index is 0.368. The molecule has 0 bridgehead atoms. The van der Waals surface area contributed by atoms with E-state index >= 15 is 0 Å². The van der Waals surface area contributed by atoms with E-state index in [0.29, 0.717) is 40.7 Å². The summed E-state index contributed by atoms with van der Waals surface area (Å²) in [5, 5.41) is 8.55. The van der Waals surface area contributed by atoms with Crippen molar-refractivity contribution in [2.45, 2.75) is 6.54 Å². The number of nitrogens with two attached hydrogens (primary N) is 1. The van der Waals surface area contributed by atoms with Crippen LogP contribution in [-0.4, -0.2) is 34.0 Å². The molecule has 0 aliphatic carbocycles. The predicted octanol–water partition coefficient (Wildman–Crippen LogP) is 3.24. The fourth-order valence-corrected chi connectivity index (χ4v) is 3.24. The van der Waals surface area contributed by atoms with Gasteiger partial charge >= 0.3 is 0 Å². The van der Waals surface area contributed by atoms with Crippen LogP contribution in [0.3, 0.4) is 0 Å². The molecule has 2 heterocycles. The Hall–Kier alpha value is -3.81. The maximum atomic E-state index is 6.16. The monoisotopic (exact) mass is 390 g/mol. The van der Waals surface area contributed by atoms with Crippen LogP contribution in [0.25, 0.3) is 22.2 Å². The highest BCUT2D eigenvalue weighted by molar-refractivity contribution is 5.91. The summed E-state index contributed by atoms with van der Waals surface area (Å²) in [6.07, 6.45) is 1.98. The van der Waals surface area contributed by atoms with Gasteiger partial charge in [-0.15, -0.1) is 0 Å². The number of hydrogen-bond acceptors (Lipinski definition) is 7. The number of nitrogens with zero attached hydrogens (tertiary/aromatic N) is 4. The van der Waals surface area contributed by atoms with Gasteiger partial charge in [-0.1, -0.05) is 30.3 Å². The predicted molar refractivity (Wildman–Crippen MR) is 113 cm³/mol. The standard InChI is InChI=1S/C21H22N6O2/c1-27-12-14(19(26-27)13-7-5-4-6-8-13)11-23-21-24-16-10-18(29-3)17(28-2)9-15(16)20(22)25-21/h4-10,12H,11H2,1-3H3,(H3,22,23,24,25). The quantitative estimate of drug-likeness (QED) is 0.521. The van der Waals surface area contributed by atoms with Gasteiger partial charge in [0, 0.05) is 42.4 Å². The van der Waals surface area contributed by atoms with Crippen molar-refractivity contribution >= 4 is 22.7 Å². The van der Waals surface area contributed by atoms with Gasteiger partial charge in [-0.25, -0.2) is 4.98 Å². The molecular formula is C21H22N6O2. The number of aryl methyl sites for hydroxylation is 1. The van der Waals surface area contributed by atoms with Gasteiger partial charge < -0.3 is 20.5 Å². The van der Waals surface area contributed by atoms with Crippen LogP contribution in [0.1, 0.15) is 5.56 Å². The molecule has 0 unspecified atom stereocenters. The normalized spacial score (nSPS) is 10.9. The molecular weight excluding hydrogens is 368 g/mol. The number of methoxy groups -OCH3 is 2. The lowest BCUT2D eigenvalue weighted by Crippen LogP contribution is -2.06. The molecule has 0 aliphatic rings. The first-order chi connectivity index (χ1) is 14.1. The Morgan fingerprint density at radius 2 is 1.76 bits per heavy atom. The van der Waals surface area contributed by atoms with Gasteiger partial charge in [-0.3, -0.25) is 4.68 Å². The molecule has 0 saturated carbocycles. The van der Waals surface area contributed by atoms with Gasteiger partial charge in [0.1, 0.15) is 5.82 Å². The van der Waals surface area contributed by atoms with Crippen molar-refractivity contribution in [3.8, 4) is 22.8 Å². The van der Waals surface area contributed by atoms with Crippen molar-refractivity contribution in [3.63, 3.8) is 0 Å². The van der Waals surface area contributed by atoms with Gasteiger partial charge in [-0.2, -0.15) is 10.1 Å². The van der Waals surface area contributed by atoms with Crippen LogP contribution in [0.4, 0.5) is 11.8 Å². The third-order valence-electron chi connectivity index (χ3n) is 4.62. The molecule has 0 atom stereocenters. The number of nitrogens with one attached hydrogen (secondary N) is 1. The first-order valence-electron chi connectivity index (χ1n) is 9.10. The zero-order valence-electron chi connectivity index (χ0n) is 16.5. The van der Waals surface area contributed by atoms with Gasteiger partial charge in [0.15, 0.2) is 11.5 Å². The average Bonchev–Trinajstić information content (AvgIpc) is 3.12. The Balaban J connectivity index is 1.64. The molecule has 8 nitrogen and oxygen atoms in total. The zero-order chi connectivity index (χ0) is 20.4. The highest BCUT2D eigenvalue weighted by atomic mass is 16.5. The number of nitrogen functional groups attached to an aromatic ring is 1. The minimum Gasteiger partial charge on any atom is -0.493 e. The summed E-state index contributed by atoms with van der Waals surface area (Å²) in [5.74, 6) is 1.97. The molecule has 0 aliphatic heterocycles. The van der Waals surface area contributed by atoms with Crippen LogP contribution in [0, 0.1) is 0 Å². The lowest BCUT2D eigenvalue weighted by molar-refractivity contribution is 0.356. The van der Waals surface area contributed by atoms with E-state index in [1.54, 1.807) is 31.0 Å². The number of aromatic nitrogens is 4. The summed E-state index contributed by atoms with van der Waals surface area (Å²) < 4.78 is 12.5. The SMILES string of the molecule is COc1cc2nc(NCc3cn(C)nc3-c3ccccc3)nc(N)c2cc1OC. The molecule has 4 rings (SSSR count). The number of hydrogen-bond donors (Lipinski definition) is 2. The Labute approximate surface area is 168 Å². The van der Waals surface area contributed by atoms with E-state index in [9.17, 15) is 0 Å². The smallest absolute Gasteiger partial charge is 0.225 e. The van der Waals surface area contributed by atoms with Crippen LogP contribution in [0.2, 0.25) is 0 Å². The molecule has 4 aromatic rings. The summed E-state index contributed by atoms with van der Waals surface area (Å²) in [7, 11) is 5.07. The highest BCUT2D eigenvalue weighted by Gasteiger charge is 2.13. The molecule has 0 amide bonds. The van der Waals surface area contributed by atoms with E-state index in [4.69, 9.17) is 15.2 Å². The largest absolute Gasteiger partial charge is 0.493 e. The van der Waals surface area contributed by atoms with Crippen LogP contribution in [0.5, 0.6) is 11.5 Å².